The second-order valence-corrected chi connectivity index (χ2v) is 13.0. The van der Waals surface area contributed by atoms with Gasteiger partial charge in [-0.3, -0.25) is 14.1 Å². The minimum atomic E-state index is -0.525. The number of aryl methyl sites for hydroxylation is 1. The van der Waals surface area contributed by atoms with Gasteiger partial charge in [0.2, 0.25) is 5.91 Å². The molecule has 0 spiro atoms. The van der Waals surface area contributed by atoms with E-state index in [1.54, 1.807) is 17.9 Å². The molecule has 2 fully saturated rings. The molecule has 240 valence electrons. The number of nitriles is 1. The molecule has 0 aliphatic carbocycles. The van der Waals surface area contributed by atoms with Gasteiger partial charge in [0.15, 0.2) is 5.82 Å². The van der Waals surface area contributed by atoms with E-state index in [9.17, 15) is 19.6 Å². The molecule has 0 bridgehead atoms. The standard InChI is InChI=1S/C35H33F2N7O2S/c1-3-29-33(26-7-8-28(32(37)20(26)2)35-40-34(41-47-35)27-6-5-24(36)14-23(27)15-38)44-16-22(4-9-30(44)39-29)21-10-12-42(13-11-21)19-31(46)43-17-25(45)18-43/h4-9,14,16,21,25,45H,3,10-13,17-19H2,1-2H3. The normalized spacial score (nSPS) is 16.0. The van der Waals surface area contributed by atoms with Crippen molar-refractivity contribution in [2.45, 2.75) is 45.1 Å². The van der Waals surface area contributed by atoms with Crippen LogP contribution >= 0.6 is 11.5 Å². The summed E-state index contributed by atoms with van der Waals surface area (Å²) in [7, 11) is 0. The molecule has 0 radical (unpaired) electrons. The zero-order chi connectivity index (χ0) is 32.8. The number of piperidine rings is 1. The average Bonchev–Trinajstić information content (AvgIpc) is 3.69. The van der Waals surface area contributed by atoms with Gasteiger partial charge in [-0.25, -0.2) is 18.7 Å². The number of aliphatic hydroxyl groups excluding tert-OH is 1. The van der Waals surface area contributed by atoms with Crippen LogP contribution < -0.4 is 0 Å². The fourth-order valence-corrected chi connectivity index (χ4v) is 7.31. The van der Waals surface area contributed by atoms with Crippen molar-refractivity contribution in [1.29, 1.82) is 5.26 Å². The molecule has 2 aliphatic heterocycles. The molecule has 5 aromatic rings. The number of carbonyl (C=O) groups is 1. The molecule has 0 atom stereocenters. The first kappa shape index (κ1) is 31.1. The number of halogens is 2. The van der Waals surface area contributed by atoms with Crippen LogP contribution in [0.5, 0.6) is 0 Å². The van der Waals surface area contributed by atoms with Crippen molar-refractivity contribution in [2.75, 3.05) is 32.7 Å². The summed E-state index contributed by atoms with van der Waals surface area (Å²) in [6.45, 7) is 6.68. The average molecular weight is 654 g/mol. The number of benzene rings is 2. The minimum Gasteiger partial charge on any atom is -0.389 e. The van der Waals surface area contributed by atoms with Crippen molar-refractivity contribution in [1.82, 2.24) is 28.5 Å². The van der Waals surface area contributed by atoms with E-state index in [1.807, 2.05) is 25.1 Å². The van der Waals surface area contributed by atoms with Crippen LogP contribution in [0.4, 0.5) is 8.78 Å². The lowest BCUT2D eigenvalue weighted by Crippen LogP contribution is -2.56. The zero-order valence-electron chi connectivity index (χ0n) is 26.1. The molecule has 9 nitrogen and oxygen atoms in total. The molecule has 2 aliphatic rings. The van der Waals surface area contributed by atoms with Crippen molar-refractivity contribution >= 4 is 23.1 Å². The van der Waals surface area contributed by atoms with Crippen molar-refractivity contribution in [3.8, 4) is 39.3 Å². The summed E-state index contributed by atoms with van der Waals surface area (Å²) in [5.74, 6) is -0.285. The maximum absolute atomic E-state index is 16.1. The summed E-state index contributed by atoms with van der Waals surface area (Å²) in [5, 5.41) is 19.3. The Morgan fingerprint density at radius 1 is 1.06 bits per heavy atom. The second kappa shape index (κ2) is 12.6. The number of β-amino-alcohol motifs (C(OH)–C–C–N with tert-alkyl or cyclic N) is 1. The van der Waals surface area contributed by atoms with Crippen molar-refractivity contribution in [3.63, 3.8) is 0 Å². The van der Waals surface area contributed by atoms with Crippen LogP contribution in [-0.2, 0) is 11.2 Å². The van der Waals surface area contributed by atoms with Crippen LogP contribution in [0.15, 0.2) is 48.7 Å². The van der Waals surface area contributed by atoms with Gasteiger partial charge in [0, 0.05) is 36.0 Å². The number of pyridine rings is 1. The van der Waals surface area contributed by atoms with E-state index in [2.05, 4.69) is 30.9 Å². The Balaban J connectivity index is 1.15. The smallest absolute Gasteiger partial charge is 0.236 e. The molecule has 47 heavy (non-hydrogen) atoms. The van der Waals surface area contributed by atoms with E-state index in [1.165, 1.54) is 17.7 Å². The molecule has 0 saturated carbocycles. The number of carbonyl (C=O) groups excluding carboxylic acids is 1. The fraction of sp³-hybridized carbons (Fsp3) is 0.343. The fourth-order valence-electron chi connectivity index (χ4n) is 6.61. The summed E-state index contributed by atoms with van der Waals surface area (Å²) in [4.78, 5) is 25.8. The lowest BCUT2D eigenvalue weighted by atomic mass is 9.90. The van der Waals surface area contributed by atoms with Gasteiger partial charge in [0.1, 0.15) is 22.3 Å². The maximum Gasteiger partial charge on any atom is 0.236 e. The van der Waals surface area contributed by atoms with Crippen LogP contribution in [-0.4, -0.2) is 78.4 Å². The van der Waals surface area contributed by atoms with Crippen LogP contribution in [0.2, 0.25) is 0 Å². The maximum atomic E-state index is 16.1. The summed E-state index contributed by atoms with van der Waals surface area (Å²) < 4.78 is 36.2. The van der Waals surface area contributed by atoms with Crippen molar-refractivity contribution < 1.29 is 18.7 Å². The Labute approximate surface area is 274 Å². The Morgan fingerprint density at radius 2 is 1.81 bits per heavy atom. The zero-order valence-corrected chi connectivity index (χ0v) is 26.9. The number of aromatic nitrogens is 4. The highest BCUT2D eigenvalue weighted by atomic mass is 32.1. The lowest BCUT2D eigenvalue weighted by Gasteiger charge is -2.38. The van der Waals surface area contributed by atoms with E-state index >= 15 is 4.39 Å². The van der Waals surface area contributed by atoms with Gasteiger partial charge in [-0.15, -0.1) is 0 Å². The lowest BCUT2D eigenvalue weighted by molar-refractivity contribution is -0.142. The number of aliphatic hydroxyl groups is 1. The Morgan fingerprint density at radius 3 is 2.53 bits per heavy atom. The Bertz CT molecular complexity index is 2040. The number of hydrogen-bond donors (Lipinski definition) is 1. The quantitative estimate of drug-likeness (QED) is 0.244. The third kappa shape index (κ3) is 5.79. The van der Waals surface area contributed by atoms with Gasteiger partial charge >= 0.3 is 0 Å². The van der Waals surface area contributed by atoms with Gasteiger partial charge in [-0.05, 0) is 98.2 Å². The van der Waals surface area contributed by atoms with E-state index in [0.717, 1.165) is 66.1 Å². The first-order chi connectivity index (χ1) is 22.7. The highest BCUT2D eigenvalue weighted by Gasteiger charge is 2.31. The largest absolute Gasteiger partial charge is 0.389 e. The van der Waals surface area contributed by atoms with Crippen LogP contribution in [0.1, 0.15) is 48.1 Å². The highest BCUT2D eigenvalue weighted by molar-refractivity contribution is 7.09. The monoisotopic (exact) mass is 653 g/mol. The molecule has 5 heterocycles. The third-order valence-corrected chi connectivity index (χ3v) is 10.1. The first-order valence-electron chi connectivity index (χ1n) is 15.8. The Hall–Kier alpha value is -4.57. The summed E-state index contributed by atoms with van der Waals surface area (Å²) in [6.07, 6.45) is 4.25. The molecule has 1 N–H and O–H groups in total. The van der Waals surface area contributed by atoms with Gasteiger partial charge in [-0.2, -0.15) is 9.64 Å². The predicted octanol–water partition coefficient (Wildman–Crippen LogP) is 5.59. The van der Waals surface area contributed by atoms with E-state index in [0.29, 0.717) is 53.7 Å². The molecule has 1 amide bonds. The number of nitrogens with zero attached hydrogens (tertiary/aromatic N) is 7. The van der Waals surface area contributed by atoms with Crippen LogP contribution in [0, 0.1) is 29.9 Å². The number of rotatable bonds is 7. The van der Waals surface area contributed by atoms with Gasteiger partial charge < -0.3 is 10.0 Å². The number of likely N-dealkylation sites (tertiary alicyclic amines) is 2. The van der Waals surface area contributed by atoms with Gasteiger partial charge in [0.05, 0.1) is 35.7 Å². The minimum absolute atomic E-state index is 0.0755. The number of fused-ring (bicyclic) bond motifs is 1. The van der Waals surface area contributed by atoms with E-state index < -0.39 is 17.7 Å². The second-order valence-electron chi connectivity index (χ2n) is 12.3. The summed E-state index contributed by atoms with van der Waals surface area (Å²) in [5.41, 5.74) is 5.74. The van der Waals surface area contributed by atoms with Crippen molar-refractivity contribution in [2.24, 2.45) is 0 Å². The predicted molar refractivity (Wildman–Crippen MR) is 175 cm³/mol. The molecule has 12 heteroatoms. The topological polar surface area (TPSA) is 111 Å². The molecule has 3 aromatic heterocycles. The molecule has 2 saturated heterocycles. The van der Waals surface area contributed by atoms with E-state index in [-0.39, 0.29) is 17.3 Å². The molecule has 0 unspecified atom stereocenters. The van der Waals surface area contributed by atoms with Crippen LogP contribution in [0.25, 0.3) is 38.9 Å². The van der Waals surface area contributed by atoms with E-state index in [4.69, 9.17) is 4.98 Å². The van der Waals surface area contributed by atoms with Crippen molar-refractivity contribution in [3.05, 3.63) is 82.7 Å². The first-order valence-corrected chi connectivity index (χ1v) is 16.5. The number of imidazole rings is 1. The molecule has 2 aromatic carbocycles. The van der Waals surface area contributed by atoms with Crippen LogP contribution in [0.3, 0.4) is 0 Å². The Kier molecular flexibility index (Phi) is 8.30. The molecule has 7 rings (SSSR count). The third-order valence-electron chi connectivity index (χ3n) is 9.32. The number of amides is 1. The summed E-state index contributed by atoms with van der Waals surface area (Å²) >= 11 is 1.03. The number of hydrogen-bond acceptors (Lipinski definition) is 8. The van der Waals surface area contributed by atoms with Gasteiger partial charge in [0.25, 0.3) is 0 Å². The molecular formula is C35H33F2N7O2S. The molecular weight excluding hydrogens is 620 g/mol. The summed E-state index contributed by atoms with van der Waals surface area (Å²) in [6, 6.07) is 13.6. The SMILES string of the molecule is CCc1nc2ccc(C3CCN(CC(=O)N4CC(O)C4)CC3)cn2c1-c1ccc(-c2nc(-c3ccc(F)cc3C#N)ns2)c(F)c1C. The van der Waals surface area contributed by atoms with Gasteiger partial charge in [-0.1, -0.05) is 19.1 Å². The highest BCUT2D eigenvalue weighted by Crippen LogP contribution is 2.37.